The lowest BCUT2D eigenvalue weighted by atomic mass is 10.1. The van der Waals surface area contributed by atoms with E-state index in [1.807, 2.05) is 0 Å². The summed E-state index contributed by atoms with van der Waals surface area (Å²) in [6.07, 6.45) is 1.90. The Labute approximate surface area is 88.5 Å². The van der Waals surface area contributed by atoms with Gasteiger partial charge in [0.15, 0.2) is 5.78 Å². The maximum atomic E-state index is 11.5. The van der Waals surface area contributed by atoms with Crippen LogP contribution in [0.3, 0.4) is 0 Å². The van der Waals surface area contributed by atoms with Crippen molar-refractivity contribution in [3.8, 4) is 0 Å². The van der Waals surface area contributed by atoms with Gasteiger partial charge in [0.2, 0.25) is 5.91 Å². The van der Waals surface area contributed by atoms with Crippen LogP contribution < -0.4 is 5.32 Å². The molecule has 0 saturated heterocycles. The predicted octanol–water partition coefficient (Wildman–Crippen LogP) is 2.05. The number of Topliss-reactive ketones (excluding diaryl/α,β-unsaturated/α-hetero) is 1. The number of rotatable bonds is 3. The Bertz CT molecular complexity index is 408. The van der Waals surface area contributed by atoms with Gasteiger partial charge in [-0.3, -0.25) is 9.59 Å². The van der Waals surface area contributed by atoms with Gasteiger partial charge in [0.05, 0.1) is 5.69 Å². The van der Waals surface area contributed by atoms with Crippen molar-refractivity contribution >= 4 is 17.4 Å². The summed E-state index contributed by atoms with van der Waals surface area (Å²) in [5, 5.41) is 2.75. The molecule has 15 heavy (non-hydrogen) atoms. The second kappa shape index (κ2) is 3.85. The van der Waals surface area contributed by atoms with Crippen LogP contribution in [0.15, 0.2) is 24.3 Å². The average Bonchev–Trinajstić information content (AvgIpc) is 3.01. The van der Waals surface area contributed by atoms with E-state index < -0.39 is 0 Å². The van der Waals surface area contributed by atoms with Crippen molar-refractivity contribution in [2.75, 3.05) is 5.32 Å². The van der Waals surface area contributed by atoms with Crippen LogP contribution in [0.25, 0.3) is 0 Å². The Balaban J connectivity index is 2.19. The molecule has 1 aliphatic rings. The van der Waals surface area contributed by atoms with E-state index in [2.05, 4.69) is 12.2 Å². The van der Waals surface area contributed by atoms with Gasteiger partial charge in [0.25, 0.3) is 0 Å². The molecule has 0 unspecified atom stereocenters. The molecule has 1 amide bonds. The molecule has 0 bridgehead atoms. The number of benzene rings is 1. The van der Waals surface area contributed by atoms with Crippen LogP contribution in [-0.2, 0) is 4.79 Å². The number of carbonyl (C=O) groups is 2. The summed E-state index contributed by atoms with van der Waals surface area (Å²) in [7, 11) is 0. The zero-order valence-electron chi connectivity index (χ0n) is 8.32. The summed E-state index contributed by atoms with van der Waals surface area (Å²) in [6, 6.07) is 6.93. The number of ketones is 1. The molecule has 77 valence electrons. The summed E-state index contributed by atoms with van der Waals surface area (Å²) in [6.45, 7) is 3.35. The molecule has 0 aromatic heterocycles. The molecule has 1 aromatic carbocycles. The molecule has 3 heteroatoms. The SMILES string of the molecule is [CH2]C(=O)c1ccccc1NC(=O)C1CC1. The quantitative estimate of drug-likeness (QED) is 0.762. The van der Waals surface area contributed by atoms with Crippen molar-refractivity contribution in [1.82, 2.24) is 0 Å². The van der Waals surface area contributed by atoms with Crippen molar-refractivity contribution in [2.24, 2.45) is 5.92 Å². The molecule has 1 aromatic rings. The minimum Gasteiger partial charge on any atom is -0.325 e. The third kappa shape index (κ3) is 2.24. The molecule has 1 N–H and O–H groups in total. The van der Waals surface area contributed by atoms with Crippen LogP contribution in [-0.4, -0.2) is 11.7 Å². The third-order valence-electron chi connectivity index (χ3n) is 2.43. The molecule has 1 aliphatic carbocycles. The number of hydrogen-bond donors (Lipinski definition) is 1. The van der Waals surface area contributed by atoms with Gasteiger partial charge in [-0.25, -0.2) is 0 Å². The molecular weight excluding hydrogens is 190 g/mol. The Morgan fingerprint density at radius 1 is 1.27 bits per heavy atom. The molecule has 1 radical (unpaired) electrons. The number of amides is 1. The van der Waals surface area contributed by atoms with E-state index in [1.165, 1.54) is 0 Å². The summed E-state index contributed by atoms with van der Waals surface area (Å²) < 4.78 is 0. The van der Waals surface area contributed by atoms with E-state index in [9.17, 15) is 9.59 Å². The van der Waals surface area contributed by atoms with Crippen LogP contribution >= 0.6 is 0 Å². The maximum absolute atomic E-state index is 11.5. The zero-order chi connectivity index (χ0) is 10.8. The first-order chi connectivity index (χ1) is 7.18. The standard InChI is InChI=1S/C12H12NO2/c1-8(14)10-4-2-3-5-11(10)13-12(15)9-6-7-9/h2-5,9H,1,6-7H2,(H,13,15). The first kappa shape index (κ1) is 9.90. The van der Waals surface area contributed by atoms with Gasteiger partial charge in [-0.1, -0.05) is 12.1 Å². The lowest BCUT2D eigenvalue weighted by Crippen LogP contribution is -2.15. The summed E-state index contributed by atoms with van der Waals surface area (Å²) in [5.41, 5.74) is 1.03. The van der Waals surface area contributed by atoms with Crippen LogP contribution in [0, 0.1) is 12.8 Å². The van der Waals surface area contributed by atoms with E-state index in [4.69, 9.17) is 0 Å². The van der Waals surface area contributed by atoms with Gasteiger partial charge in [-0.15, -0.1) is 0 Å². The summed E-state index contributed by atoms with van der Waals surface area (Å²) >= 11 is 0. The molecule has 0 atom stereocenters. The molecule has 1 saturated carbocycles. The van der Waals surface area contributed by atoms with Crippen LogP contribution in [0.2, 0.25) is 0 Å². The fourth-order valence-corrected chi connectivity index (χ4v) is 1.42. The van der Waals surface area contributed by atoms with E-state index in [-0.39, 0.29) is 17.6 Å². The second-order valence-electron chi connectivity index (χ2n) is 3.73. The van der Waals surface area contributed by atoms with Gasteiger partial charge in [-0.05, 0) is 25.0 Å². The van der Waals surface area contributed by atoms with E-state index >= 15 is 0 Å². The zero-order valence-corrected chi connectivity index (χ0v) is 8.32. The maximum Gasteiger partial charge on any atom is 0.227 e. The van der Waals surface area contributed by atoms with E-state index in [0.29, 0.717) is 11.3 Å². The van der Waals surface area contributed by atoms with Crippen LogP contribution in [0.4, 0.5) is 5.69 Å². The first-order valence-corrected chi connectivity index (χ1v) is 4.94. The van der Waals surface area contributed by atoms with Gasteiger partial charge < -0.3 is 5.32 Å². The molecule has 3 nitrogen and oxygen atoms in total. The van der Waals surface area contributed by atoms with Gasteiger partial charge in [-0.2, -0.15) is 0 Å². The number of carbonyl (C=O) groups excluding carboxylic acids is 2. The average molecular weight is 202 g/mol. The van der Waals surface area contributed by atoms with Crippen molar-refractivity contribution in [1.29, 1.82) is 0 Å². The lowest BCUT2D eigenvalue weighted by molar-refractivity contribution is -0.117. The molecule has 0 heterocycles. The normalized spacial score (nSPS) is 14.7. The fraction of sp³-hybridized carbons (Fsp3) is 0.250. The van der Waals surface area contributed by atoms with E-state index in [0.717, 1.165) is 12.8 Å². The number of hydrogen-bond acceptors (Lipinski definition) is 2. The number of para-hydroxylation sites is 1. The Hall–Kier alpha value is -1.64. The monoisotopic (exact) mass is 202 g/mol. The molecule has 2 rings (SSSR count). The van der Waals surface area contributed by atoms with Crippen molar-refractivity contribution in [3.05, 3.63) is 36.8 Å². The van der Waals surface area contributed by atoms with Crippen LogP contribution in [0.1, 0.15) is 23.2 Å². The molecule has 0 aliphatic heterocycles. The van der Waals surface area contributed by atoms with Gasteiger partial charge >= 0.3 is 0 Å². The van der Waals surface area contributed by atoms with Crippen molar-refractivity contribution < 1.29 is 9.59 Å². The topological polar surface area (TPSA) is 46.2 Å². The second-order valence-corrected chi connectivity index (χ2v) is 3.73. The highest BCUT2D eigenvalue weighted by Crippen LogP contribution is 2.30. The van der Waals surface area contributed by atoms with Crippen molar-refractivity contribution in [3.63, 3.8) is 0 Å². The fourth-order valence-electron chi connectivity index (χ4n) is 1.42. The van der Waals surface area contributed by atoms with Crippen molar-refractivity contribution in [2.45, 2.75) is 12.8 Å². The highest BCUT2D eigenvalue weighted by molar-refractivity contribution is 6.07. The van der Waals surface area contributed by atoms with Gasteiger partial charge in [0, 0.05) is 18.4 Å². The van der Waals surface area contributed by atoms with Gasteiger partial charge in [0.1, 0.15) is 0 Å². The number of anilines is 1. The first-order valence-electron chi connectivity index (χ1n) is 4.94. The molecular formula is C12H12NO2. The minimum atomic E-state index is -0.276. The highest BCUT2D eigenvalue weighted by Gasteiger charge is 2.29. The number of nitrogens with one attached hydrogen (secondary N) is 1. The Morgan fingerprint density at radius 2 is 1.93 bits per heavy atom. The molecule has 0 spiro atoms. The Kier molecular flexibility index (Phi) is 2.54. The summed E-state index contributed by atoms with van der Waals surface area (Å²) in [4.78, 5) is 22.7. The van der Waals surface area contributed by atoms with Crippen LogP contribution in [0.5, 0.6) is 0 Å². The smallest absolute Gasteiger partial charge is 0.227 e. The summed E-state index contributed by atoms with van der Waals surface area (Å²) in [5.74, 6) is -0.136. The highest BCUT2D eigenvalue weighted by atomic mass is 16.2. The Morgan fingerprint density at radius 3 is 2.53 bits per heavy atom. The largest absolute Gasteiger partial charge is 0.325 e. The third-order valence-corrected chi connectivity index (χ3v) is 2.43. The van der Waals surface area contributed by atoms with E-state index in [1.54, 1.807) is 24.3 Å². The minimum absolute atomic E-state index is 0.00343. The molecule has 1 fully saturated rings. The predicted molar refractivity (Wildman–Crippen MR) is 57.5 cm³/mol. The lowest BCUT2D eigenvalue weighted by Gasteiger charge is -2.07.